The van der Waals surface area contributed by atoms with Crippen LogP contribution >= 0.6 is 0 Å². The summed E-state index contributed by atoms with van der Waals surface area (Å²) in [5, 5.41) is 13.3. The first-order valence-corrected chi connectivity index (χ1v) is 7.16. The fourth-order valence-electron chi connectivity index (χ4n) is 2.03. The number of para-hydroxylation sites is 1. The van der Waals surface area contributed by atoms with Gasteiger partial charge < -0.3 is 15.2 Å². The lowest BCUT2D eigenvalue weighted by Crippen LogP contribution is -2.33. The standard InChI is InChI=1S/C17H22N2O2/c1-13-6-3-4-8-17(13)21-12-16(20)11-19-14(2)15-7-5-9-18-10-15/h3-10,14,16,19-20H,11-12H2,1-2H3/t14-,16?/m0/s1. The predicted octanol–water partition coefficient (Wildman–Crippen LogP) is 2.48. The first kappa shape index (κ1) is 15.5. The van der Waals surface area contributed by atoms with Crippen LogP contribution in [0.1, 0.15) is 24.1 Å². The Morgan fingerprint density at radius 3 is 2.76 bits per heavy atom. The number of benzene rings is 1. The maximum atomic E-state index is 9.99. The second-order valence-electron chi connectivity index (χ2n) is 5.15. The zero-order chi connectivity index (χ0) is 15.1. The summed E-state index contributed by atoms with van der Waals surface area (Å²) in [6, 6.07) is 11.9. The first-order valence-electron chi connectivity index (χ1n) is 7.16. The smallest absolute Gasteiger partial charge is 0.122 e. The van der Waals surface area contributed by atoms with E-state index in [1.165, 1.54) is 0 Å². The summed E-state index contributed by atoms with van der Waals surface area (Å²) in [5.74, 6) is 0.817. The van der Waals surface area contributed by atoms with Gasteiger partial charge in [-0.2, -0.15) is 0 Å². The molecule has 1 aromatic heterocycles. The normalized spacial score (nSPS) is 13.7. The van der Waals surface area contributed by atoms with Gasteiger partial charge in [-0.25, -0.2) is 0 Å². The van der Waals surface area contributed by atoms with E-state index < -0.39 is 6.10 Å². The summed E-state index contributed by atoms with van der Waals surface area (Å²) in [7, 11) is 0. The second-order valence-corrected chi connectivity index (χ2v) is 5.15. The Bertz CT molecular complexity index is 545. The molecule has 21 heavy (non-hydrogen) atoms. The van der Waals surface area contributed by atoms with Crippen LogP contribution in [-0.2, 0) is 0 Å². The van der Waals surface area contributed by atoms with Gasteiger partial charge in [0.1, 0.15) is 18.5 Å². The maximum absolute atomic E-state index is 9.99. The topological polar surface area (TPSA) is 54.4 Å². The summed E-state index contributed by atoms with van der Waals surface area (Å²) in [6.07, 6.45) is 3.03. The number of hydrogen-bond donors (Lipinski definition) is 2. The van der Waals surface area contributed by atoms with Gasteiger partial charge in [0.05, 0.1) is 0 Å². The molecule has 0 radical (unpaired) electrons. The molecule has 4 nitrogen and oxygen atoms in total. The fraction of sp³-hybridized carbons (Fsp3) is 0.353. The Hall–Kier alpha value is -1.91. The van der Waals surface area contributed by atoms with Crippen LogP contribution < -0.4 is 10.1 Å². The van der Waals surface area contributed by atoms with Crippen molar-refractivity contribution in [3.63, 3.8) is 0 Å². The molecule has 0 spiro atoms. The van der Waals surface area contributed by atoms with E-state index in [0.29, 0.717) is 6.54 Å². The van der Waals surface area contributed by atoms with Crippen LogP contribution in [0.3, 0.4) is 0 Å². The predicted molar refractivity (Wildman–Crippen MR) is 83.3 cm³/mol. The van der Waals surface area contributed by atoms with E-state index >= 15 is 0 Å². The molecule has 2 N–H and O–H groups in total. The average molecular weight is 286 g/mol. The summed E-state index contributed by atoms with van der Waals surface area (Å²) < 4.78 is 5.63. The number of aliphatic hydroxyl groups excluding tert-OH is 1. The number of pyridine rings is 1. The maximum Gasteiger partial charge on any atom is 0.122 e. The third kappa shape index (κ3) is 4.85. The third-order valence-electron chi connectivity index (χ3n) is 3.37. The number of nitrogens with zero attached hydrogens (tertiary/aromatic N) is 1. The van der Waals surface area contributed by atoms with E-state index in [4.69, 9.17) is 4.74 Å². The van der Waals surface area contributed by atoms with Crippen molar-refractivity contribution in [1.29, 1.82) is 0 Å². The molecule has 0 saturated carbocycles. The van der Waals surface area contributed by atoms with E-state index in [0.717, 1.165) is 16.9 Å². The molecule has 0 fully saturated rings. The van der Waals surface area contributed by atoms with Crippen LogP contribution in [0.25, 0.3) is 0 Å². The van der Waals surface area contributed by atoms with Gasteiger partial charge in [-0.15, -0.1) is 0 Å². The molecule has 0 saturated heterocycles. The number of aryl methyl sites for hydroxylation is 1. The summed E-state index contributed by atoms with van der Waals surface area (Å²) in [5.41, 5.74) is 2.17. The Morgan fingerprint density at radius 1 is 1.24 bits per heavy atom. The number of hydrogen-bond acceptors (Lipinski definition) is 4. The number of rotatable bonds is 7. The molecule has 1 heterocycles. The van der Waals surface area contributed by atoms with E-state index in [9.17, 15) is 5.11 Å². The van der Waals surface area contributed by atoms with Gasteiger partial charge in [-0.1, -0.05) is 24.3 Å². The Kier molecular flexibility index (Phi) is 5.72. The number of aromatic nitrogens is 1. The van der Waals surface area contributed by atoms with Gasteiger partial charge >= 0.3 is 0 Å². The van der Waals surface area contributed by atoms with Crippen LogP contribution in [0, 0.1) is 6.92 Å². The lowest BCUT2D eigenvalue weighted by atomic mass is 10.1. The van der Waals surface area contributed by atoms with E-state index in [1.807, 2.05) is 56.4 Å². The molecule has 0 aliphatic rings. The van der Waals surface area contributed by atoms with Crippen molar-refractivity contribution in [2.75, 3.05) is 13.2 Å². The van der Waals surface area contributed by atoms with Gasteiger partial charge in [0, 0.05) is 25.0 Å². The fourth-order valence-corrected chi connectivity index (χ4v) is 2.03. The van der Waals surface area contributed by atoms with Crippen LogP contribution in [-0.4, -0.2) is 29.3 Å². The summed E-state index contributed by atoms with van der Waals surface area (Å²) in [6.45, 7) is 4.79. The number of nitrogens with one attached hydrogen (secondary N) is 1. The molecular weight excluding hydrogens is 264 g/mol. The average Bonchev–Trinajstić information content (AvgIpc) is 2.52. The van der Waals surface area contributed by atoms with Crippen LogP contribution in [0.15, 0.2) is 48.8 Å². The molecule has 0 amide bonds. The molecule has 1 unspecified atom stereocenters. The van der Waals surface area contributed by atoms with E-state index in [-0.39, 0.29) is 12.6 Å². The monoisotopic (exact) mass is 286 g/mol. The van der Waals surface area contributed by atoms with Crippen molar-refractivity contribution in [1.82, 2.24) is 10.3 Å². The summed E-state index contributed by atoms with van der Waals surface area (Å²) in [4.78, 5) is 4.09. The molecule has 2 atom stereocenters. The van der Waals surface area contributed by atoms with Crippen LogP contribution in [0.4, 0.5) is 0 Å². The van der Waals surface area contributed by atoms with Gasteiger partial charge in [0.15, 0.2) is 0 Å². The van der Waals surface area contributed by atoms with Crippen molar-refractivity contribution >= 4 is 0 Å². The van der Waals surface area contributed by atoms with Crippen molar-refractivity contribution in [3.8, 4) is 5.75 Å². The molecule has 0 aliphatic carbocycles. The molecule has 2 aromatic rings. The van der Waals surface area contributed by atoms with Gasteiger partial charge in [-0.3, -0.25) is 4.98 Å². The van der Waals surface area contributed by atoms with Crippen LogP contribution in [0.2, 0.25) is 0 Å². The SMILES string of the molecule is Cc1ccccc1OCC(O)CN[C@@H](C)c1cccnc1. The Labute approximate surface area is 125 Å². The van der Waals surface area contributed by atoms with E-state index in [2.05, 4.69) is 10.3 Å². The zero-order valence-corrected chi connectivity index (χ0v) is 12.5. The molecule has 0 bridgehead atoms. The highest BCUT2D eigenvalue weighted by atomic mass is 16.5. The number of ether oxygens (including phenoxy) is 1. The summed E-state index contributed by atoms with van der Waals surface area (Å²) >= 11 is 0. The minimum Gasteiger partial charge on any atom is -0.491 e. The highest BCUT2D eigenvalue weighted by Gasteiger charge is 2.10. The minimum atomic E-state index is -0.552. The Balaban J connectivity index is 1.75. The van der Waals surface area contributed by atoms with Gasteiger partial charge in [0.25, 0.3) is 0 Å². The van der Waals surface area contributed by atoms with Crippen molar-refractivity contribution < 1.29 is 9.84 Å². The second kappa shape index (κ2) is 7.76. The van der Waals surface area contributed by atoms with Crippen molar-refractivity contribution in [3.05, 3.63) is 59.9 Å². The third-order valence-corrected chi connectivity index (χ3v) is 3.37. The van der Waals surface area contributed by atoms with Crippen molar-refractivity contribution in [2.45, 2.75) is 26.0 Å². The Morgan fingerprint density at radius 2 is 2.05 bits per heavy atom. The van der Waals surface area contributed by atoms with Gasteiger partial charge in [0.2, 0.25) is 0 Å². The molecule has 112 valence electrons. The van der Waals surface area contributed by atoms with E-state index in [1.54, 1.807) is 6.20 Å². The molecule has 4 heteroatoms. The highest BCUT2D eigenvalue weighted by molar-refractivity contribution is 5.31. The highest BCUT2D eigenvalue weighted by Crippen LogP contribution is 2.16. The number of aliphatic hydroxyl groups is 1. The lowest BCUT2D eigenvalue weighted by Gasteiger charge is -2.18. The zero-order valence-electron chi connectivity index (χ0n) is 12.5. The largest absolute Gasteiger partial charge is 0.491 e. The molecular formula is C17H22N2O2. The molecule has 0 aliphatic heterocycles. The molecule has 2 rings (SSSR count). The van der Waals surface area contributed by atoms with Crippen LogP contribution in [0.5, 0.6) is 5.75 Å². The minimum absolute atomic E-state index is 0.145. The lowest BCUT2D eigenvalue weighted by molar-refractivity contribution is 0.104. The van der Waals surface area contributed by atoms with Crippen molar-refractivity contribution in [2.24, 2.45) is 0 Å². The van der Waals surface area contributed by atoms with Gasteiger partial charge in [-0.05, 0) is 37.1 Å². The quantitative estimate of drug-likeness (QED) is 0.821. The molecule has 1 aromatic carbocycles. The first-order chi connectivity index (χ1) is 10.2.